The number of hydrogen-bond donors (Lipinski definition) is 2. The van der Waals surface area contributed by atoms with E-state index in [1.807, 2.05) is 36.4 Å². The van der Waals surface area contributed by atoms with Crippen molar-refractivity contribution in [2.75, 3.05) is 13.2 Å². The normalized spacial score (nSPS) is 15.6. The summed E-state index contributed by atoms with van der Waals surface area (Å²) in [5.41, 5.74) is 3.20. The molecule has 0 atom stereocenters. The molecule has 7 heteroatoms. The zero-order chi connectivity index (χ0) is 23.6. The summed E-state index contributed by atoms with van der Waals surface area (Å²) in [4.78, 5) is 38.6. The summed E-state index contributed by atoms with van der Waals surface area (Å²) < 4.78 is 5.57. The van der Waals surface area contributed by atoms with E-state index in [2.05, 4.69) is 17.4 Å². The number of hydrogen-bond acceptors (Lipinski definition) is 4. The lowest BCUT2D eigenvalue weighted by atomic mass is 9.98. The summed E-state index contributed by atoms with van der Waals surface area (Å²) in [7, 11) is 0. The van der Waals surface area contributed by atoms with Crippen molar-refractivity contribution in [2.45, 2.75) is 57.0 Å². The van der Waals surface area contributed by atoms with Crippen LogP contribution in [0.1, 0.15) is 56.6 Å². The largest absolute Gasteiger partial charge is 0.480 e. The number of carboxylic acid groups (broad SMARTS) is 1. The number of rotatable bonds is 7. The lowest BCUT2D eigenvalue weighted by Crippen LogP contribution is -2.58. The van der Waals surface area contributed by atoms with Gasteiger partial charge in [0.25, 0.3) is 0 Å². The van der Waals surface area contributed by atoms with Crippen molar-refractivity contribution >= 4 is 18.0 Å². The highest BCUT2D eigenvalue weighted by Crippen LogP contribution is 2.44. The minimum absolute atomic E-state index is 0.0797. The number of benzene rings is 2. The molecule has 2 aliphatic carbocycles. The summed E-state index contributed by atoms with van der Waals surface area (Å²) >= 11 is 0. The molecule has 0 aromatic heterocycles. The molecule has 33 heavy (non-hydrogen) atoms. The highest BCUT2D eigenvalue weighted by atomic mass is 16.5. The van der Waals surface area contributed by atoms with E-state index in [0.29, 0.717) is 0 Å². The minimum atomic E-state index is -1.29. The Hall–Kier alpha value is -3.35. The summed E-state index contributed by atoms with van der Waals surface area (Å²) in [6, 6.07) is 16.0. The van der Waals surface area contributed by atoms with Gasteiger partial charge in [0.2, 0.25) is 5.91 Å². The van der Waals surface area contributed by atoms with Gasteiger partial charge in [-0.25, -0.2) is 4.79 Å². The van der Waals surface area contributed by atoms with Crippen molar-refractivity contribution in [3.8, 4) is 11.1 Å². The fourth-order valence-electron chi connectivity index (χ4n) is 5.03. The molecule has 4 rings (SSSR count). The molecule has 2 aromatic carbocycles. The first-order valence-electron chi connectivity index (χ1n) is 11.4. The molecule has 0 radical (unpaired) electrons. The van der Waals surface area contributed by atoms with Crippen molar-refractivity contribution in [1.82, 2.24) is 10.2 Å². The monoisotopic (exact) mass is 450 g/mol. The molecule has 0 heterocycles. The standard InChI is InChI=1S/C26H30N2O5/c1-26(2,24(31)28(15-23(29)30)17-9-3-4-10-17)27-25(32)33-16-22-20-13-7-5-11-18(20)19-12-6-8-14-21(19)22/h5-8,11-14,17,22H,3-4,9-10,15-16H2,1-2H3,(H,27,32)(H,29,30). The molecule has 0 unspecified atom stereocenters. The number of carbonyl (C=O) groups is 3. The highest BCUT2D eigenvalue weighted by molar-refractivity contribution is 5.91. The summed E-state index contributed by atoms with van der Waals surface area (Å²) in [5.74, 6) is -1.55. The molecule has 1 fully saturated rings. The third-order valence-electron chi connectivity index (χ3n) is 6.62. The predicted octanol–water partition coefficient (Wildman–Crippen LogP) is 4.16. The van der Waals surface area contributed by atoms with Crippen LogP contribution in [-0.2, 0) is 14.3 Å². The third-order valence-corrected chi connectivity index (χ3v) is 6.62. The molecule has 0 saturated heterocycles. The Labute approximate surface area is 193 Å². The van der Waals surface area contributed by atoms with Crippen LogP contribution >= 0.6 is 0 Å². The molecule has 1 saturated carbocycles. The number of nitrogens with one attached hydrogen (secondary N) is 1. The highest BCUT2D eigenvalue weighted by Gasteiger charge is 2.39. The van der Waals surface area contributed by atoms with Gasteiger partial charge >= 0.3 is 12.1 Å². The van der Waals surface area contributed by atoms with E-state index < -0.39 is 23.5 Å². The number of nitrogens with zero attached hydrogens (tertiary/aromatic N) is 1. The topological polar surface area (TPSA) is 95.9 Å². The zero-order valence-electron chi connectivity index (χ0n) is 19.0. The van der Waals surface area contributed by atoms with Crippen LogP contribution < -0.4 is 5.32 Å². The Morgan fingerprint density at radius 2 is 1.55 bits per heavy atom. The fourth-order valence-corrected chi connectivity index (χ4v) is 5.03. The van der Waals surface area contributed by atoms with Gasteiger partial charge in [0, 0.05) is 12.0 Å². The molecular weight excluding hydrogens is 420 g/mol. The zero-order valence-corrected chi connectivity index (χ0v) is 19.0. The molecule has 2 aliphatic rings. The smallest absolute Gasteiger partial charge is 0.408 e. The van der Waals surface area contributed by atoms with Crippen LogP contribution in [0.3, 0.4) is 0 Å². The van der Waals surface area contributed by atoms with Gasteiger partial charge in [-0.15, -0.1) is 0 Å². The molecule has 2 aromatic rings. The Bertz CT molecular complexity index is 1010. The van der Waals surface area contributed by atoms with E-state index in [1.165, 1.54) is 4.90 Å². The van der Waals surface area contributed by atoms with Gasteiger partial charge in [-0.05, 0) is 48.9 Å². The van der Waals surface area contributed by atoms with Crippen molar-refractivity contribution in [1.29, 1.82) is 0 Å². The number of fused-ring (bicyclic) bond motifs is 3. The average molecular weight is 451 g/mol. The number of ether oxygens (including phenoxy) is 1. The number of amides is 2. The molecular formula is C26H30N2O5. The maximum Gasteiger partial charge on any atom is 0.408 e. The van der Waals surface area contributed by atoms with Gasteiger partial charge in [0.05, 0.1) is 0 Å². The number of carbonyl (C=O) groups excluding carboxylic acids is 2. The van der Waals surface area contributed by atoms with Crippen LogP contribution in [-0.4, -0.2) is 52.7 Å². The van der Waals surface area contributed by atoms with Crippen LogP contribution in [0.25, 0.3) is 11.1 Å². The molecule has 0 bridgehead atoms. The lowest BCUT2D eigenvalue weighted by molar-refractivity contribution is -0.149. The van der Waals surface area contributed by atoms with Crippen LogP contribution in [0.4, 0.5) is 4.79 Å². The van der Waals surface area contributed by atoms with E-state index in [9.17, 15) is 19.5 Å². The van der Waals surface area contributed by atoms with E-state index in [1.54, 1.807) is 13.8 Å². The van der Waals surface area contributed by atoms with Crippen molar-refractivity contribution in [2.24, 2.45) is 0 Å². The predicted molar refractivity (Wildman–Crippen MR) is 124 cm³/mol. The van der Waals surface area contributed by atoms with Gasteiger partial charge in [-0.2, -0.15) is 0 Å². The van der Waals surface area contributed by atoms with E-state index in [0.717, 1.165) is 47.9 Å². The fraction of sp³-hybridized carbons (Fsp3) is 0.423. The summed E-state index contributed by atoms with van der Waals surface area (Å²) in [6.07, 6.45) is 2.79. The number of aliphatic carboxylic acids is 1. The van der Waals surface area contributed by atoms with Gasteiger partial charge in [-0.3, -0.25) is 9.59 Å². The molecule has 0 aliphatic heterocycles. The Balaban J connectivity index is 1.43. The molecule has 7 nitrogen and oxygen atoms in total. The van der Waals surface area contributed by atoms with Crippen LogP contribution in [0, 0.1) is 0 Å². The van der Waals surface area contributed by atoms with E-state index in [-0.39, 0.29) is 25.1 Å². The minimum Gasteiger partial charge on any atom is -0.480 e. The second kappa shape index (κ2) is 9.25. The maximum atomic E-state index is 13.2. The number of alkyl carbamates (subject to hydrolysis) is 1. The molecule has 174 valence electrons. The molecule has 2 N–H and O–H groups in total. The first-order chi connectivity index (χ1) is 15.8. The summed E-state index contributed by atoms with van der Waals surface area (Å²) in [6.45, 7) is 2.94. The van der Waals surface area contributed by atoms with Crippen LogP contribution in [0.5, 0.6) is 0 Å². The van der Waals surface area contributed by atoms with Gasteiger partial charge in [0.1, 0.15) is 18.7 Å². The van der Waals surface area contributed by atoms with Gasteiger partial charge < -0.3 is 20.1 Å². The van der Waals surface area contributed by atoms with E-state index >= 15 is 0 Å². The Morgan fingerprint density at radius 1 is 1.00 bits per heavy atom. The van der Waals surface area contributed by atoms with Crippen LogP contribution in [0.15, 0.2) is 48.5 Å². The van der Waals surface area contributed by atoms with Gasteiger partial charge in [0.15, 0.2) is 0 Å². The van der Waals surface area contributed by atoms with Crippen molar-refractivity contribution < 1.29 is 24.2 Å². The van der Waals surface area contributed by atoms with Crippen LogP contribution in [0.2, 0.25) is 0 Å². The van der Waals surface area contributed by atoms with E-state index in [4.69, 9.17) is 4.74 Å². The summed E-state index contributed by atoms with van der Waals surface area (Å²) in [5, 5.41) is 12.0. The quantitative estimate of drug-likeness (QED) is 0.660. The first kappa shape index (κ1) is 22.8. The average Bonchev–Trinajstić information content (AvgIpc) is 3.42. The molecule has 0 spiro atoms. The second-order valence-electron chi connectivity index (χ2n) is 9.34. The van der Waals surface area contributed by atoms with Crippen molar-refractivity contribution in [3.05, 3.63) is 59.7 Å². The number of carboxylic acids is 1. The Morgan fingerprint density at radius 3 is 2.09 bits per heavy atom. The lowest BCUT2D eigenvalue weighted by Gasteiger charge is -2.35. The third kappa shape index (κ3) is 4.72. The maximum absolute atomic E-state index is 13.2. The Kier molecular flexibility index (Phi) is 6.40. The SMILES string of the molecule is CC(C)(NC(=O)OCC1c2ccccc2-c2ccccc21)C(=O)N(CC(=O)O)C1CCCC1. The van der Waals surface area contributed by atoms with Gasteiger partial charge in [-0.1, -0.05) is 61.4 Å². The van der Waals surface area contributed by atoms with Crippen molar-refractivity contribution in [3.63, 3.8) is 0 Å². The molecule has 2 amide bonds. The second-order valence-corrected chi connectivity index (χ2v) is 9.34. The first-order valence-corrected chi connectivity index (χ1v) is 11.4.